The van der Waals surface area contributed by atoms with Gasteiger partial charge in [0.05, 0.1) is 51.0 Å². The minimum absolute atomic E-state index is 0.356. The van der Waals surface area contributed by atoms with Crippen molar-refractivity contribution in [2.45, 2.75) is 427 Å². The Morgan fingerprint density at radius 2 is 0.426 bits per heavy atom. The van der Waals surface area contributed by atoms with Gasteiger partial charge in [-0.25, -0.2) is 0 Å². The number of carbonyl (C=O) groups is 2. The first-order chi connectivity index (χ1) is 53.4. The minimum Gasteiger partial charge on any atom is -0.490 e. The van der Waals surface area contributed by atoms with E-state index in [0.717, 1.165) is 77.0 Å². The number of aromatic nitrogens is 2. The Morgan fingerprint density at radius 1 is 0.250 bits per heavy atom. The van der Waals surface area contributed by atoms with Gasteiger partial charge in [-0.15, -0.1) is 0 Å². The molecule has 0 aliphatic heterocycles. The molecule has 4 aromatic rings. The first kappa shape index (κ1) is 94.9. The van der Waals surface area contributed by atoms with Crippen LogP contribution in [0.15, 0.2) is 60.9 Å². The molecule has 2 aromatic carbocycles. The van der Waals surface area contributed by atoms with Crippen molar-refractivity contribution in [3.8, 4) is 45.9 Å². The SMILES string of the molecule is CCCCCCCCCCCCOc1cc(C(=O)Nc2cccnc2-c2ncccc2NC(=O)c2cc(OCCCCCCCCCCCC)c(OCCCCCCCCCCCC)c(OCCCCCCCCCCCC)c2)cc(OCCCCCCCCCCCC)c1OCCCCCCCCCCCC. The molecule has 0 atom stereocenters. The van der Waals surface area contributed by atoms with Crippen molar-refractivity contribution in [2.24, 2.45) is 0 Å². The molecule has 614 valence electrons. The third-order valence-corrected chi connectivity index (χ3v) is 21.4. The van der Waals surface area contributed by atoms with Crippen LogP contribution in [0.4, 0.5) is 11.4 Å². The fourth-order valence-corrected chi connectivity index (χ4v) is 14.5. The van der Waals surface area contributed by atoms with Crippen molar-refractivity contribution < 1.29 is 38.0 Å². The highest BCUT2D eigenvalue weighted by atomic mass is 16.5. The Balaban J connectivity index is 1.65. The van der Waals surface area contributed by atoms with Crippen LogP contribution in [0, 0.1) is 0 Å². The number of rotatable bonds is 77. The minimum atomic E-state index is -0.356. The molecule has 2 heterocycles. The van der Waals surface area contributed by atoms with Crippen molar-refractivity contribution >= 4 is 23.2 Å². The molecule has 4 rings (SSSR count). The zero-order valence-electron chi connectivity index (χ0n) is 70.6. The van der Waals surface area contributed by atoms with Gasteiger partial charge in [0.25, 0.3) is 11.8 Å². The van der Waals surface area contributed by atoms with Gasteiger partial charge in [0.2, 0.25) is 11.5 Å². The molecule has 12 nitrogen and oxygen atoms in total. The highest BCUT2D eigenvalue weighted by Crippen LogP contribution is 2.43. The van der Waals surface area contributed by atoms with Gasteiger partial charge in [0.1, 0.15) is 11.4 Å². The van der Waals surface area contributed by atoms with Gasteiger partial charge in [-0.1, -0.05) is 388 Å². The lowest BCUT2D eigenvalue weighted by atomic mass is 10.1. The molecule has 2 aromatic heterocycles. The van der Waals surface area contributed by atoms with Crippen molar-refractivity contribution in [3.05, 3.63) is 72.1 Å². The van der Waals surface area contributed by atoms with Crippen LogP contribution < -0.4 is 39.1 Å². The molecule has 108 heavy (non-hydrogen) atoms. The number of hydrogen-bond acceptors (Lipinski definition) is 10. The number of amides is 2. The van der Waals surface area contributed by atoms with Gasteiger partial charge >= 0.3 is 0 Å². The van der Waals surface area contributed by atoms with Crippen LogP contribution >= 0.6 is 0 Å². The Hall–Kier alpha value is -5.52. The summed E-state index contributed by atoms with van der Waals surface area (Å²) in [7, 11) is 0. The predicted molar refractivity (Wildman–Crippen MR) is 460 cm³/mol. The maximum atomic E-state index is 15.1. The largest absolute Gasteiger partial charge is 0.490 e. The summed E-state index contributed by atoms with van der Waals surface area (Å²) in [5.74, 6) is 2.54. The average molecular weight is 1500 g/mol. The highest BCUT2D eigenvalue weighted by molar-refractivity contribution is 6.09. The van der Waals surface area contributed by atoms with Crippen molar-refractivity contribution in [3.63, 3.8) is 0 Å². The van der Waals surface area contributed by atoms with Crippen LogP contribution in [0.1, 0.15) is 448 Å². The number of nitrogens with zero attached hydrogens (tertiary/aromatic N) is 2. The number of carbonyl (C=O) groups excluding carboxylic acids is 2. The summed E-state index contributed by atoms with van der Waals surface area (Å²) in [6, 6.07) is 14.6. The summed E-state index contributed by atoms with van der Waals surface area (Å²) in [5, 5.41) is 6.46. The summed E-state index contributed by atoms with van der Waals surface area (Å²) in [5.41, 5.74) is 2.46. The van der Waals surface area contributed by atoms with Gasteiger partial charge in [0, 0.05) is 23.5 Å². The summed E-state index contributed by atoms with van der Waals surface area (Å²) < 4.78 is 40.4. The van der Waals surface area contributed by atoms with Crippen LogP contribution in [0.2, 0.25) is 0 Å². The number of anilines is 2. The number of ether oxygens (including phenoxy) is 6. The first-order valence-corrected chi connectivity index (χ1v) is 46.0. The summed E-state index contributed by atoms with van der Waals surface area (Å²) >= 11 is 0. The maximum Gasteiger partial charge on any atom is 0.256 e. The number of pyridine rings is 2. The Morgan fingerprint density at radius 3 is 0.620 bits per heavy atom. The van der Waals surface area contributed by atoms with E-state index in [0.29, 0.717) is 108 Å². The Labute approximate surface area is 662 Å². The summed E-state index contributed by atoms with van der Waals surface area (Å²) in [6.45, 7) is 16.8. The van der Waals surface area contributed by atoms with E-state index >= 15 is 9.59 Å². The second-order valence-electron chi connectivity index (χ2n) is 31.5. The zero-order chi connectivity index (χ0) is 76.9. The maximum absolute atomic E-state index is 15.1. The monoisotopic (exact) mass is 1500 g/mol. The molecule has 0 bridgehead atoms. The summed E-state index contributed by atoms with van der Waals surface area (Å²) in [4.78, 5) is 39.9. The molecule has 0 radical (unpaired) electrons. The molecule has 0 spiro atoms. The fourth-order valence-electron chi connectivity index (χ4n) is 14.5. The van der Waals surface area contributed by atoms with E-state index in [2.05, 4.69) is 52.2 Å². The van der Waals surface area contributed by atoms with E-state index in [1.54, 1.807) is 24.5 Å². The van der Waals surface area contributed by atoms with Crippen molar-refractivity contribution in [1.29, 1.82) is 0 Å². The van der Waals surface area contributed by atoms with Crippen LogP contribution in [0.25, 0.3) is 11.4 Å². The number of unbranched alkanes of at least 4 members (excludes halogenated alkanes) is 54. The normalized spacial score (nSPS) is 11.4. The topological polar surface area (TPSA) is 139 Å². The van der Waals surface area contributed by atoms with E-state index in [-0.39, 0.29) is 11.8 Å². The van der Waals surface area contributed by atoms with Gasteiger partial charge in [-0.05, 0) is 87.1 Å². The molecule has 0 fully saturated rings. The van der Waals surface area contributed by atoms with Gasteiger partial charge in [-0.3, -0.25) is 19.6 Å². The van der Waals surface area contributed by atoms with E-state index < -0.39 is 0 Å². The molecule has 0 saturated heterocycles. The molecular formula is C96H162N4O8. The molecule has 0 unspecified atom stereocenters. The van der Waals surface area contributed by atoms with Crippen molar-refractivity contribution in [1.82, 2.24) is 9.97 Å². The molecule has 0 aliphatic carbocycles. The smallest absolute Gasteiger partial charge is 0.256 e. The van der Waals surface area contributed by atoms with E-state index in [4.69, 9.17) is 38.4 Å². The Bertz CT molecular complexity index is 2490. The third-order valence-electron chi connectivity index (χ3n) is 21.4. The number of hydrogen-bond donors (Lipinski definition) is 2. The number of nitrogens with one attached hydrogen (secondary N) is 2. The van der Waals surface area contributed by atoms with Crippen LogP contribution in [-0.4, -0.2) is 61.4 Å². The molecule has 12 heteroatoms. The van der Waals surface area contributed by atoms with Gasteiger partial charge < -0.3 is 39.1 Å². The van der Waals surface area contributed by atoms with E-state index in [1.807, 2.05) is 36.4 Å². The second-order valence-corrected chi connectivity index (χ2v) is 31.5. The highest BCUT2D eigenvalue weighted by Gasteiger charge is 2.24. The third kappa shape index (κ3) is 46.3. The molecular weight excluding hydrogens is 1340 g/mol. The second kappa shape index (κ2) is 68.3. The summed E-state index contributed by atoms with van der Waals surface area (Å²) in [6.07, 6.45) is 77.2. The molecule has 2 N–H and O–H groups in total. The molecule has 2 amide bonds. The predicted octanol–water partition coefficient (Wildman–Crippen LogP) is 30.4. The lowest BCUT2D eigenvalue weighted by molar-refractivity contribution is 0.101. The Kier molecular flexibility index (Phi) is 60.0. The average Bonchev–Trinajstić information content (AvgIpc) is 0.802. The van der Waals surface area contributed by atoms with Crippen LogP contribution in [0.5, 0.6) is 34.5 Å². The fraction of sp³-hybridized carbons (Fsp3) is 0.750. The quantitative estimate of drug-likeness (QED) is 0.0411. The van der Waals surface area contributed by atoms with Gasteiger partial charge in [0.15, 0.2) is 23.0 Å². The van der Waals surface area contributed by atoms with Crippen LogP contribution in [0.3, 0.4) is 0 Å². The van der Waals surface area contributed by atoms with Crippen LogP contribution in [-0.2, 0) is 0 Å². The zero-order valence-corrected chi connectivity index (χ0v) is 70.6. The van der Waals surface area contributed by atoms with E-state index in [1.165, 1.54) is 308 Å². The van der Waals surface area contributed by atoms with E-state index in [9.17, 15) is 0 Å². The molecule has 0 aliphatic rings. The van der Waals surface area contributed by atoms with Gasteiger partial charge in [-0.2, -0.15) is 0 Å². The lowest BCUT2D eigenvalue weighted by Gasteiger charge is -2.20. The first-order valence-electron chi connectivity index (χ1n) is 46.0. The number of benzene rings is 2. The van der Waals surface area contributed by atoms with Crippen molar-refractivity contribution in [2.75, 3.05) is 50.3 Å². The standard InChI is InChI=1S/C96H162N4O8/c1-7-13-19-25-31-37-43-49-55-61-73-103-87-79-83(80-88(104-74-62-56-50-44-38-32-26-20-14-8-2)93(87)107-77-65-59-53-47-41-35-29-23-17-11-5)95(101)99-85-69-67-71-97-91(85)92-86(70-68-72-98-92)100-96(102)84-81-89(105-75-63-57-51-45-39-33-27-21-15-9-3)94(108-78-66-60-54-48-42-36-30-24-18-12-6)90(82-84)106-76-64-58-52-46-40-34-28-22-16-10-4/h67-72,79-82H,7-66,73-78H2,1-6H3,(H,99,101)(H,100,102). The lowest BCUT2D eigenvalue weighted by Crippen LogP contribution is -2.16. The molecule has 0 saturated carbocycles.